The second kappa shape index (κ2) is 3.64. The Morgan fingerprint density at radius 1 is 1.21 bits per heavy atom. The molecule has 1 radical (unpaired) electrons. The molecule has 2 nitrogen and oxygen atoms in total. The molecule has 1 aromatic heterocycles. The van der Waals surface area contributed by atoms with Crippen molar-refractivity contribution < 1.29 is 0 Å². The minimum absolute atomic E-state index is 0.554. The molecule has 0 amide bonds. The largest absolute Gasteiger partial charge is 0.270 e. The third-order valence-corrected chi connectivity index (χ3v) is 2.43. The third-order valence-electron chi connectivity index (χ3n) is 1.93. The molecule has 0 N–H and O–H groups in total. The van der Waals surface area contributed by atoms with Crippen LogP contribution < -0.4 is 5.32 Å². The smallest absolute Gasteiger partial charge is 0.147 e. The summed E-state index contributed by atoms with van der Waals surface area (Å²) < 4.78 is 0. The normalized spacial score (nSPS) is 10.5. The van der Waals surface area contributed by atoms with Crippen molar-refractivity contribution in [2.24, 2.45) is 0 Å². The highest BCUT2D eigenvalue weighted by molar-refractivity contribution is 6.38. The second-order valence-electron chi connectivity index (χ2n) is 2.85. The molecule has 0 aliphatic rings. The molecule has 0 aliphatic carbocycles. The Bertz CT molecular complexity index is 483. The fraction of sp³-hybridized carbons (Fsp3) is 0.100. The number of hydrogen-bond donors (Lipinski definition) is 0. The zero-order chi connectivity index (χ0) is 10.1. The molecule has 0 bridgehead atoms. The Hall–Kier alpha value is -0.990. The van der Waals surface area contributed by atoms with E-state index >= 15 is 0 Å². The fourth-order valence-corrected chi connectivity index (χ4v) is 1.82. The average Bonchev–Trinajstić information content (AvgIpc) is 2.17. The van der Waals surface area contributed by atoms with E-state index in [0.29, 0.717) is 15.9 Å². The van der Waals surface area contributed by atoms with Gasteiger partial charge in [0.25, 0.3) is 0 Å². The predicted octanol–water partition coefficient (Wildman–Crippen LogP) is 3.41. The van der Waals surface area contributed by atoms with E-state index in [1.165, 1.54) is 0 Å². The molecule has 0 spiro atoms. The molecule has 1 aromatic carbocycles. The van der Waals surface area contributed by atoms with Crippen LogP contribution in [-0.2, 0) is 0 Å². The van der Waals surface area contributed by atoms with Gasteiger partial charge in [0.2, 0.25) is 0 Å². The van der Waals surface area contributed by atoms with E-state index in [2.05, 4.69) is 10.3 Å². The van der Waals surface area contributed by atoms with Crippen molar-refractivity contribution in [3.8, 4) is 0 Å². The summed E-state index contributed by atoms with van der Waals surface area (Å²) in [5.41, 5.74) is 0.735. The molecule has 71 valence electrons. The van der Waals surface area contributed by atoms with Gasteiger partial charge < -0.3 is 0 Å². The van der Waals surface area contributed by atoms with Crippen molar-refractivity contribution in [3.05, 3.63) is 34.3 Å². The Kier molecular flexibility index (Phi) is 2.48. The summed E-state index contributed by atoms with van der Waals surface area (Å²) in [6.07, 6.45) is 0. The maximum atomic E-state index is 6.00. The molecule has 2 aromatic rings. The van der Waals surface area contributed by atoms with Crippen molar-refractivity contribution >= 4 is 39.9 Å². The van der Waals surface area contributed by atoms with Gasteiger partial charge in [0.05, 0.1) is 10.5 Å². The quantitative estimate of drug-likeness (QED) is 0.731. The Morgan fingerprint density at radius 3 is 2.71 bits per heavy atom. The van der Waals surface area contributed by atoms with Crippen molar-refractivity contribution in [1.82, 2.24) is 10.3 Å². The zero-order valence-electron chi connectivity index (χ0n) is 7.46. The van der Waals surface area contributed by atoms with Crippen LogP contribution in [0.3, 0.4) is 0 Å². The maximum Gasteiger partial charge on any atom is 0.147 e. The zero-order valence-corrected chi connectivity index (χ0v) is 8.97. The highest BCUT2D eigenvalue weighted by Gasteiger charge is 2.03. The Morgan fingerprint density at radius 2 is 2.00 bits per heavy atom. The summed E-state index contributed by atoms with van der Waals surface area (Å²) >= 11 is 11.9. The van der Waals surface area contributed by atoms with E-state index in [9.17, 15) is 0 Å². The third kappa shape index (κ3) is 1.63. The molecule has 14 heavy (non-hydrogen) atoms. The van der Waals surface area contributed by atoms with Crippen molar-refractivity contribution in [1.29, 1.82) is 0 Å². The Labute approximate surface area is 91.9 Å². The number of rotatable bonds is 1. The monoisotopic (exact) mass is 225 g/mol. The van der Waals surface area contributed by atoms with Crippen LogP contribution in [0.5, 0.6) is 0 Å². The molecule has 0 fully saturated rings. The highest BCUT2D eigenvalue weighted by Crippen LogP contribution is 2.27. The number of nitrogens with zero attached hydrogens (tertiary/aromatic N) is 2. The second-order valence-corrected chi connectivity index (χ2v) is 3.70. The minimum Gasteiger partial charge on any atom is -0.270 e. The summed E-state index contributed by atoms with van der Waals surface area (Å²) in [4.78, 5) is 4.28. The lowest BCUT2D eigenvalue weighted by Gasteiger charge is -2.02. The molecular weight excluding hydrogens is 219 g/mol. The van der Waals surface area contributed by atoms with Gasteiger partial charge in [0, 0.05) is 17.5 Å². The van der Waals surface area contributed by atoms with Gasteiger partial charge in [-0.2, -0.15) is 0 Å². The number of hydrogen-bond acceptors (Lipinski definition) is 1. The van der Waals surface area contributed by atoms with Crippen LogP contribution in [0.4, 0.5) is 5.82 Å². The number of aromatic nitrogens is 1. The number of halogens is 2. The van der Waals surface area contributed by atoms with Gasteiger partial charge in [0.15, 0.2) is 0 Å². The van der Waals surface area contributed by atoms with E-state index in [4.69, 9.17) is 23.2 Å². The van der Waals surface area contributed by atoms with E-state index in [0.717, 1.165) is 10.9 Å². The maximum absolute atomic E-state index is 6.00. The first-order chi connectivity index (χ1) is 6.70. The van der Waals surface area contributed by atoms with Gasteiger partial charge >= 0.3 is 0 Å². The van der Waals surface area contributed by atoms with Gasteiger partial charge in [-0.15, -0.1) is 0 Å². The summed E-state index contributed by atoms with van der Waals surface area (Å²) in [5, 5.41) is 6.08. The summed E-state index contributed by atoms with van der Waals surface area (Å²) in [6, 6.07) is 7.24. The van der Waals surface area contributed by atoms with Gasteiger partial charge in [0.1, 0.15) is 5.82 Å². The topological polar surface area (TPSA) is 27.0 Å². The number of pyridine rings is 1. The molecule has 0 saturated heterocycles. The van der Waals surface area contributed by atoms with Gasteiger partial charge in [-0.1, -0.05) is 23.2 Å². The van der Waals surface area contributed by atoms with Crippen molar-refractivity contribution in [2.45, 2.75) is 0 Å². The summed E-state index contributed by atoms with van der Waals surface area (Å²) in [7, 11) is 1.69. The average molecular weight is 226 g/mol. The molecular formula is C10H7Cl2N2. The SMILES string of the molecule is C[N]c1ccc2cc(Cl)cc(Cl)c2n1. The first-order valence-electron chi connectivity index (χ1n) is 4.06. The lowest BCUT2D eigenvalue weighted by atomic mass is 10.2. The van der Waals surface area contributed by atoms with Crippen molar-refractivity contribution in [3.63, 3.8) is 0 Å². The van der Waals surface area contributed by atoms with Crippen LogP contribution in [0, 0.1) is 0 Å². The molecule has 1 heterocycles. The standard InChI is InChI=1S/C10H7Cl2N2/c1-13-9-3-2-6-4-7(11)5-8(12)10(6)14-9/h2-5H,1H3. The van der Waals surface area contributed by atoms with E-state index in [1.54, 1.807) is 13.1 Å². The highest BCUT2D eigenvalue weighted by atomic mass is 35.5. The lowest BCUT2D eigenvalue weighted by molar-refractivity contribution is 1.04. The first-order valence-corrected chi connectivity index (χ1v) is 4.82. The molecule has 0 aliphatic heterocycles. The molecule has 0 unspecified atom stereocenters. The van der Waals surface area contributed by atoms with E-state index in [-0.39, 0.29) is 0 Å². The molecule has 0 saturated carbocycles. The molecule has 4 heteroatoms. The summed E-state index contributed by atoms with van der Waals surface area (Å²) in [6.45, 7) is 0. The van der Waals surface area contributed by atoms with Crippen LogP contribution in [0.15, 0.2) is 24.3 Å². The fourth-order valence-electron chi connectivity index (χ4n) is 1.27. The number of benzene rings is 1. The lowest BCUT2D eigenvalue weighted by Crippen LogP contribution is -1.91. The van der Waals surface area contributed by atoms with Gasteiger partial charge in [-0.25, -0.2) is 4.98 Å². The first kappa shape index (κ1) is 9.56. The minimum atomic E-state index is 0.554. The Balaban J connectivity index is 2.75. The van der Waals surface area contributed by atoms with Crippen LogP contribution in [0.2, 0.25) is 10.0 Å². The van der Waals surface area contributed by atoms with Crippen LogP contribution >= 0.6 is 23.2 Å². The predicted molar refractivity (Wildman–Crippen MR) is 59.5 cm³/mol. The van der Waals surface area contributed by atoms with Crippen LogP contribution in [0.1, 0.15) is 0 Å². The van der Waals surface area contributed by atoms with Crippen LogP contribution in [0.25, 0.3) is 10.9 Å². The molecule has 2 rings (SSSR count). The molecule has 0 atom stereocenters. The van der Waals surface area contributed by atoms with Crippen molar-refractivity contribution in [2.75, 3.05) is 7.05 Å². The van der Waals surface area contributed by atoms with Crippen LogP contribution in [-0.4, -0.2) is 12.0 Å². The van der Waals surface area contributed by atoms with Gasteiger partial charge in [-0.3, -0.25) is 5.32 Å². The van der Waals surface area contributed by atoms with Gasteiger partial charge in [-0.05, 0) is 24.3 Å². The van der Waals surface area contributed by atoms with E-state index < -0.39 is 0 Å². The van der Waals surface area contributed by atoms with E-state index in [1.807, 2.05) is 18.2 Å². The number of fused-ring (bicyclic) bond motifs is 1. The summed E-state index contributed by atoms with van der Waals surface area (Å²) in [5.74, 6) is 0.668.